The third-order valence-electron chi connectivity index (χ3n) is 4.76. The predicted molar refractivity (Wildman–Crippen MR) is 121 cm³/mol. The Morgan fingerprint density at radius 1 is 0.552 bits per heavy atom. The van der Waals surface area contributed by atoms with E-state index in [9.17, 15) is 0 Å². The first kappa shape index (κ1) is 18.4. The Morgan fingerprint density at radius 3 is 1.69 bits per heavy atom. The van der Waals surface area contributed by atoms with Gasteiger partial charge < -0.3 is 5.73 Å². The van der Waals surface area contributed by atoms with Crippen LogP contribution >= 0.6 is 0 Å². The number of nitrogens with zero attached hydrogens (tertiary/aromatic N) is 1. The maximum atomic E-state index is 8.33. The minimum absolute atomic E-state index is 0.146. The van der Waals surface area contributed by atoms with Crippen LogP contribution in [0.4, 0.5) is 0 Å². The molecule has 0 saturated heterocycles. The van der Waals surface area contributed by atoms with E-state index < -0.39 is 0 Å². The SMILES string of the molecule is N=C(/N=C(\N)c1cccc(-c2ccccc2)c1)c1ccc(-c2ccccc2)cc1. The summed E-state index contributed by atoms with van der Waals surface area (Å²) in [6, 6.07) is 36.0. The summed E-state index contributed by atoms with van der Waals surface area (Å²) in [6.07, 6.45) is 0. The van der Waals surface area contributed by atoms with Crippen molar-refractivity contribution in [1.82, 2.24) is 0 Å². The van der Waals surface area contributed by atoms with Crippen LogP contribution in [0.1, 0.15) is 11.1 Å². The van der Waals surface area contributed by atoms with Crippen molar-refractivity contribution in [2.24, 2.45) is 10.7 Å². The second kappa shape index (κ2) is 8.36. The Bertz CT molecular complexity index is 1150. The van der Waals surface area contributed by atoms with E-state index in [1.54, 1.807) is 0 Å². The zero-order valence-electron chi connectivity index (χ0n) is 15.9. The number of aliphatic imine (C=N–C) groups is 1. The van der Waals surface area contributed by atoms with E-state index in [2.05, 4.69) is 29.3 Å². The summed E-state index contributed by atoms with van der Waals surface area (Å²) in [5.74, 6) is 0.479. The lowest BCUT2D eigenvalue weighted by Crippen LogP contribution is -2.16. The van der Waals surface area contributed by atoms with E-state index in [0.717, 1.165) is 33.4 Å². The molecule has 0 heterocycles. The molecule has 3 heteroatoms. The first-order valence-corrected chi connectivity index (χ1v) is 9.45. The average Bonchev–Trinajstić information content (AvgIpc) is 2.80. The highest BCUT2D eigenvalue weighted by atomic mass is 14.9. The van der Waals surface area contributed by atoms with E-state index in [4.69, 9.17) is 11.1 Å². The van der Waals surface area contributed by atoms with Gasteiger partial charge in [0.15, 0.2) is 5.84 Å². The summed E-state index contributed by atoms with van der Waals surface area (Å²) < 4.78 is 0. The molecule has 3 N–H and O–H groups in total. The molecule has 0 aliphatic rings. The van der Waals surface area contributed by atoms with Gasteiger partial charge in [0.2, 0.25) is 0 Å². The zero-order valence-corrected chi connectivity index (χ0v) is 15.9. The molecule has 0 amide bonds. The minimum Gasteiger partial charge on any atom is -0.383 e. The zero-order chi connectivity index (χ0) is 20.1. The lowest BCUT2D eigenvalue weighted by Gasteiger charge is -2.07. The highest BCUT2D eigenvalue weighted by molar-refractivity contribution is 6.10. The fourth-order valence-corrected chi connectivity index (χ4v) is 3.19. The van der Waals surface area contributed by atoms with E-state index in [0.29, 0.717) is 5.84 Å². The van der Waals surface area contributed by atoms with Gasteiger partial charge in [-0.05, 0) is 28.3 Å². The van der Waals surface area contributed by atoms with Gasteiger partial charge in [0.1, 0.15) is 5.84 Å². The standard InChI is InChI=1S/C26H21N3/c27-25(22-16-14-21(15-17-22)19-8-3-1-4-9-19)29-26(28)24-13-7-12-23(18-24)20-10-5-2-6-11-20/h1-18H,(H3,27,28,29). The topological polar surface area (TPSA) is 62.2 Å². The molecular formula is C26H21N3. The average molecular weight is 375 g/mol. The first-order valence-electron chi connectivity index (χ1n) is 9.45. The number of hydrogen-bond donors (Lipinski definition) is 2. The van der Waals surface area contributed by atoms with Crippen molar-refractivity contribution in [2.75, 3.05) is 0 Å². The minimum atomic E-state index is 0.146. The summed E-state index contributed by atoms with van der Waals surface area (Å²) in [5, 5.41) is 8.33. The Kier molecular flexibility index (Phi) is 5.30. The predicted octanol–water partition coefficient (Wildman–Crippen LogP) is 5.75. The van der Waals surface area contributed by atoms with Crippen molar-refractivity contribution in [1.29, 1.82) is 5.41 Å². The molecule has 0 unspecified atom stereocenters. The summed E-state index contributed by atoms with van der Waals surface area (Å²) in [4.78, 5) is 4.33. The van der Waals surface area contributed by atoms with Crippen LogP contribution in [0.15, 0.2) is 114 Å². The van der Waals surface area contributed by atoms with Crippen molar-refractivity contribution >= 4 is 11.7 Å². The normalized spacial score (nSPS) is 11.2. The molecule has 4 aromatic carbocycles. The van der Waals surface area contributed by atoms with Gasteiger partial charge in [-0.1, -0.05) is 103 Å². The third-order valence-corrected chi connectivity index (χ3v) is 4.76. The van der Waals surface area contributed by atoms with Gasteiger partial charge in [0.05, 0.1) is 0 Å². The summed E-state index contributed by atoms with van der Waals surface area (Å²) in [7, 11) is 0. The molecule has 0 fully saturated rings. The molecule has 0 atom stereocenters. The molecule has 0 aromatic heterocycles. The van der Waals surface area contributed by atoms with Crippen LogP contribution in [0, 0.1) is 5.41 Å². The van der Waals surface area contributed by atoms with Gasteiger partial charge in [-0.3, -0.25) is 5.41 Å². The highest BCUT2D eigenvalue weighted by Crippen LogP contribution is 2.21. The number of hydrogen-bond acceptors (Lipinski definition) is 1. The van der Waals surface area contributed by atoms with Gasteiger partial charge in [-0.2, -0.15) is 0 Å². The van der Waals surface area contributed by atoms with Crippen LogP contribution in [-0.4, -0.2) is 11.7 Å². The summed E-state index contributed by atoms with van der Waals surface area (Å²) in [5.41, 5.74) is 12.2. The largest absolute Gasteiger partial charge is 0.383 e. The Hall–Kier alpha value is -3.98. The second-order valence-corrected chi connectivity index (χ2v) is 6.74. The maximum Gasteiger partial charge on any atom is 0.154 e. The number of rotatable bonds is 4. The molecule has 29 heavy (non-hydrogen) atoms. The second-order valence-electron chi connectivity index (χ2n) is 6.74. The summed E-state index contributed by atoms with van der Waals surface area (Å²) in [6.45, 7) is 0. The molecule has 0 aliphatic carbocycles. The van der Waals surface area contributed by atoms with Crippen molar-refractivity contribution in [3.05, 3.63) is 120 Å². The molecule has 3 nitrogen and oxygen atoms in total. The first-order chi connectivity index (χ1) is 14.2. The molecule has 0 spiro atoms. The van der Waals surface area contributed by atoms with Crippen LogP contribution in [0.5, 0.6) is 0 Å². The van der Waals surface area contributed by atoms with Crippen molar-refractivity contribution in [3.8, 4) is 22.3 Å². The monoisotopic (exact) mass is 375 g/mol. The maximum absolute atomic E-state index is 8.33. The molecule has 4 aromatic rings. The molecule has 4 rings (SSSR count). The van der Waals surface area contributed by atoms with Crippen molar-refractivity contribution in [2.45, 2.75) is 0 Å². The Balaban J connectivity index is 1.55. The molecule has 0 saturated carbocycles. The molecule has 0 radical (unpaired) electrons. The van der Waals surface area contributed by atoms with E-state index >= 15 is 0 Å². The van der Waals surface area contributed by atoms with Crippen LogP contribution in [-0.2, 0) is 0 Å². The Morgan fingerprint density at radius 2 is 1.07 bits per heavy atom. The van der Waals surface area contributed by atoms with Crippen molar-refractivity contribution < 1.29 is 0 Å². The van der Waals surface area contributed by atoms with Gasteiger partial charge in [0, 0.05) is 11.1 Å². The quantitative estimate of drug-likeness (QED) is 0.346. The van der Waals surface area contributed by atoms with Crippen LogP contribution in [0.25, 0.3) is 22.3 Å². The van der Waals surface area contributed by atoms with Gasteiger partial charge in [0.25, 0.3) is 0 Å². The lowest BCUT2D eigenvalue weighted by atomic mass is 10.0. The van der Waals surface area contributed by atoms with E-state index in [1.807, 2.05) is 84.9 Å². The third kappa shape index (κ3) is 4.30. The highest BCUT2D eigenvalue weighted by Gasteiger charge is 2.06. The molecular weight excluding hydrogens is 354 g/mol. The number of benzene rings is 4. The number of nitrogens with one attached hydrogen (secondary N) is 1. The van der Waals surface area contributed by atoms with Gasteiger partial charge in [-0.25, -0.2) is 4.99 Å². The van der Waals surface area contributed by atoms with Gasteiger partial charge >= 0.3 is 0 Å². The fourth-order valence-electron chi connectivity index (χ4n) is 3.19. The van der Waals surface area contributed by atoms with Crippen molar-refractivity contribution in [3.63, 3.8) is 0 Å². The van der Waals surface area contributed by atoms with Crippen LogP contribution in [0.3, 0.4) is 0 Å². The lowest BCUT2D eigenvalue weighted by molar-refractivity contribution is 1.40. The van der Waals surface area contributed by atoms with Gasteiger partial charge in [-0.15, -0.1) is 0 Å². The molecule has 140 valence electrons. The van der Waals surface area contributed by atoms with E-state index in [1.165, 1.54) is 0 Å². The van der Waals surface area contributed by atoms with E-state index in [-0.39, 0.29) is 5.84 Å². The molecule has 0 bridgehead atoms. The van der Waals surface area contributed by atoms with Crippen LogP contribution < -0.4 is 5.73 Å². The Labute approximate surface area is 170 Å². The smallest absolute Gasteiger partial charge is 0.154 e. The molecule has 0 aliphatic heterocycles. The number of amidine groups is 2. The fraction of sp³-hybridized carbons (Fsp3) is 0. The number of nitrogens with two attached hydrogens (primary N) is 1. The van der Waals surface area contributed by atoms with Crippen LogP contribution in [0.2, 0.25) is 0 Å². The summed E-state index contributed by atoms with van der Waals surface area (Å²) >= 11 is 0.